The van der Waals surface area contributed by atoms with Gasteiger partial charge in [-0.3, -0.25) is 35.1 Å². The van der Waals surface area contributed by atoms with Crippen molar-refractivity contribution < 1.29 is 29.0 Å². The Morgan fingerprint density at radius 1 is 0.919 bits per heavy atom. The van der Waals surface area contributed by atoms with Crippen LogP contribution in [0, 0.1) is 20.2 Å². The zero-order valence-corrected chi connectivity index (χ0v) is 20.6. The minimum atomic E-state index is -0.902. The van der Waals surface area contributed by atoms with Crippen LogP contribution in [0.1, 0.15) is 5.56 Å². The molecular formula is C23H12BrClN4O8. The van der Waals surface area contributed by atoms with E-state index in [2.05, 4.69) is 21.2 Å². The average Bonchev–Trinajstić information content (AvgIpc) is 2.84. The van der Waals surface area contributed by atoms with Crippen LogP contribution in [-0.2, 0) is 9.59 Å². The number of nitrogens with one attached hydrogen (secondary N) is 1. The lowest BCUT2D eigenvalue weighted by atomic mass is 10.1. The van der Waals surface area contributed by atoms with Crippen LogP contribution in [-0.4, -0.2) is 27.7 Å². The normalized spacial score (nSPS) is 14.5. The molecule has 1 fully saturated rings. The summed E-state index contributed by atoms with van der Waals surface area (Å²) in [4.78, 5) is 59.2. The van der Waals surface area contributed by atoms with E-state index < -0.39 is 39.1 Å². The summed E-state index contributed by atoms with van der Waals surface area (Å²) < 4.78 is 6.23. The van der Waals surface area contributed by atoms with Crippen molar-refractivity contribution in [1.29, 1.82) is 0 Å². The van der Waals surface area contributed by atoms with Crippen LogP contribution in [0.25, 0.3) is 6.08 Å². The molecule has 3 aromatic rings. The van der Waals surface area contributed by atoms with E-state index in [1.807, 2.05) is 0 Å². The molecule has 4 rings (SSSR count). The first kappa shape index (κ1) is 25.5. The van der Waals surface area contributed by atoms with Crippen molar-refractivity contribution in [2.24, 2.45) is 0 Å². The molecule has 1 saturated heterocycles. The second kappa shape index (κ2) is 10.2. The van der Waals surface area contributed by atoms with Crippen molar-refractivity contribution in [2.75, 3.05) is 4.90 Å². The third-order valence-corrected chi connectivity index (χ3v) is 5.85. The van der Waals surface area contributed by atoms with Gasteiger partial charge in [0, 0.05) is 10.5 Å². The summed E-state index contributed by atoms with van der Waals surface area (Å²) >= 11 is 9.53. The zero-order valence-electron chi connectivity index (χ0n) is 18.2. The molecule has 1 N–H and O–H groups in total. The summed E-state index contributed by atoms with van der Waals surface area (Å²) in [5, 5.41) is 24.3. The molecule has 12 nitrogen and oxygen atoms in total. The zero-order chi connectivity index (χ0) is 26.9. The molecule has 0 unspecified atom stereocenters. The fourth-order valence-corrected chi connectivity index (χ4v) is 3.80. The second-order valence-corrected chi connectivity index (χ2v) is 8.72. The molecule has 186 valence electrons. The van der Waals surface area contributed by atoms with Crippen LogP contribution in [0.3, 0.4) is 0 Å². The summed E-state index contributed by atoms with van der Waals surface area (Å²) in [6.07, 6.45) is 1.22. The molecule has 37 heavy (non-hydrogen) atoms. The van der Waals surface area contributed by atoms with Gasteiger partial charge < -0.3 is 4.74 Å². The van der Waals surface area contributed by atoms with Gasteiger partial charge in [-0.1, -0.05) is 33.6 Å². The molecular weight excluding hydrogens is 576 g/mol. The van der Waals surface area contributed by atoms with E-state index in [0.29, 0.717) is 5.56 Å². The van der Waals surface area contributed by atoms with Gasteiger partial charge in [0.15, 0.2) is 0 Å². The third-order valence-electron chi connectivity index (χ3n) is 5.02. The monoisotopic (exact) mass is 586 g/mol. The molecule has 0 bridgehead atoms. The van der Waals surface area contributed by atoms with Crippen molar-refractivity contribution in [2.45, 2.75) is 0 Å². The van der Waals surface area contributed by atoms with Crippen LogP contribution >= 0.6 is 27.5 Å². The Balaban J connectivity index is 1.63. The molecule has 0 saturated carbocycles. The van der Waals surface area contributed by atoms with Crippen molar-refractivity contribution in [3.63, 3.8) is 0 Å². The number of anilines is 1. The van der Waals surface area contributed by atoms with Gasteiger partial charge in [-0.25, -0.2) is 9.69 Å². The molecule has 1 heterocycles. The molecule has 0 atom stereocenters. The molecule has 4 amide bonds. The van der Waals surface area contributed by atoms with Gasteiger partial charge in [-0.05, 0) is 54.1 Å². The minimum absolute atomic E-state index is 0.0214. The van der Waals surface area contributed by atoms with Crippen LogP contribution < -0.4 is 15.0 Å². The Bertz CT molecular complexity index is 1520. The van der Waals surface area contributed by atoms with E-state index in [1.165, 1.54) is 36.4 Å². The average molecular weight is 588 g/mol. The number of nitro groups is 2. The number of imide groups is 2. The highest BCUT2D eigenvalue weighted by atomic mass is 79.9. The number of ether oxygens (including phenoxy) is 1. The number of carbonyl (C=O) groups excluding carboxylic acids is 3. The lowest BCUT2D eigenvalue weighted by molar-refractivity contribution is -0.394. The highest BCUT2D eigenvalue weighted by molar-refractivity contribution is 9.10. The van der Waals surface area contributed by atoms with Gasteiger partial charge in [-0.2, -0.15) is 0 Å². The predicted octanol–water partition coefficient (Wildman–Crippen LogP) is 5.38. The fraction of sp³-hybridized carbons (Fsp3) is 0. The smallest absolute Gasteiger partial charge is 0.335 e. The summed E-state index contributed by atoms with van der Waals surface area (Å²) in [5.74, 6) is -2.06. The first-order valence-corrected chi connectivity index (χ1v) is 11.3. The van der Waals surface area contributed by atoms with Crippen molar-refractivity contribution in [1.82, 2.24) is 5.32 Å². The van der Waals surface area contributed by atoms with Crippen LogP contribution in [0.15, 0.2) is 70.7 Å². The largest absolute Gasteiger partial charge is 0.449 e. The number of barbiturate groups is 1. The van der Waals surface area contributed by atoms with Crippen LogP contribution in [0.4, 0.5) is 21.9 Å². The molecule has 0 radical (unpaired) electrons. The highest BCUT2D eigenvalue weighted by Gasteiger charge is 2.36. The van der Waals surface area contributed by atoms with Crippen molar-refractivity contribution in [3.05, 3.63) is 102 Å². The Kier molecular flexibility index (Phi) is 7.00. The summed E-state index contributed by atoms with van der Waals surface area (Å²) in [7, 11) is 0. The maximum absolute atomic E-state index is 13.0. The van der Waals surface area contributed by atoms with Crippen molar-refractivity contribution >= 4 is 68.5 Å². The van der Waals surface area contributed by atoms with Crippen LogP contribution in [0.2, 0.25) is 5.02 Å². The summed E-state index contributed by atoms with van der Waals surface area (Å²) in [6, 6.07) is 12.4. The molecule has 0 spiro atoms. The molecule has 3 aromatic carbocycles. The van der Waals surface area contributed by atoms with Crippen LogP contribution in [0.5, 0.6) is 11.5 Å². The number of hydrogen-bond donors (Lipinski definition) is 1. The van der Waals surface area contributed by atoms with E-state index in [9.17, 15) is 34.6 Å². The number of urea groups is 1. The highest BCUT2D eigenvalue weighted by Crippen LogP contribution is 2.37. The molecule has 1 aliphatic heterocycles. The maximum atomic E-state index is 13.0. The van der Waals surface area contributed by atoms with E-state index in [0.717, 1.165) is 27.6 Å². The maximum Gasteiger partial charge on any atom is 0.335 e. The molecule has 0 aliphatic carbocycles. The van der Waals surface area contributed by atoms with E-state index in [-0.39, 0.29) is 27.8 Å². The third kappa shape index (κ3) is 5.32. The van der Waals surface area contributed by atoms with Gasteiger partial charge in [0.1, 0.15) is 11.3 Å². The number of rotatable bonds is 6. The Hall–Kier alpha value is -4.62. The summed E-state index contributed by atoms with van der Waals surface area (Å²) in [5.41, 5.74) is -0.926. The predicted molar refractivity (Wildman–Crippen MR) is 134 cm³/mol. The van der Waals surface area contributed by atoms with Gasteiger partial charge in [0.05, 0.1) is 26.6 Å². The number of nitro benzene ring substituents is 2. The second-order valence-electron chi connectivity index (χ2n) is 7.39. The molecule has 1 aliphatic rings. The Morgan fingerprint density at radius 3 is 2.22 bits per heavy atom. The first-order chi connectivity index (χ1) is 17.5. The number of non-ortho nitro benzene ring substituents is 1. The van der Waals surface area contributed by atoms with Gasteiger partial charge in [0.2, 0.25) is 5.75 Å². The molecule has 14 heteroatoms. The number of hydrogen-bond acceptors (Lipinski definition) is 8. The van der Waals surface area contributed by atoms with E-state index in [4.69, 9.17) is 16.3 Å². The standard InChI is InChI=1S/C23H12BrClN4O8/c24-13-2-4-14(5-3-13)27-22(31)16(21(30)26-23(27)32)9-12-1-7-19(17(25)10-12)37-20-8-6-15(28(33)34)11-18(20)29(35)36/h1-11H,(H,26,30,32)/b16-9+. The number of nitrogens with zero attached hydrogens (tertiary/aromatic N) is 3. The van der Waals surface area contributed by atoms with Gasteiger partial charge >= 0.3 is 11.7 Å². The molecule has 0 aromatic heterocycles. The topological polar surface area (TPSA) is 162 Å². The van der Waals surface area contributed by atoms with Gasteiger partial charge in [0.25, 0.3) is 17.5 Å². The summed E-state index contributed by atoms with van der Waals surface area (Å²) in [6.45, 7) is 0. The SMILES string of the molecule is O=C1NC(=O)N(c2ccc(Br)cc2)C(=O)/C1=C/c1ccc(Oc2ccc([N+](=O)[O-])cc2[N+](=O)[O-])c(Cl)c1. The van der Waals surface area contributed by atoms with Crippen molar-refractivity contribution in [3.8, 4) is 11.5 Å². The Morgan fingerprint density at radius 2 is 1.59 bits per heavy atom. The van der Waals surface area contributed by atoms with E-state index >= 15 is 0 Å². The lowest BCUT2D eigenvalue weighted by Gasteiger charge is -2.26. The minimum Gasteiger partial charge on any atom is -0.449 e. The lowest BCUT2D eigenvalue weighted by Crippen LogP contribution is -2.54. The number of halogens is 2. The van der Waals surface area contributed by atoms with Gasteiger partial charge in [-0.15, -0.1) is 0 Å². The number of amides is 4. The number of benzene rings is 3. The number of carbonyl (C=O) groups is 3. The first-order valence-electron chi connectivity index (χ1n) is 10.1. The fourth-order valence-electron chi connectivity index (χ4n) is 3.31. The Labute approximate surface area is 220 Å². The quantitative estimate of drug-likeness (QED) is 0.174. The van der Waals surface area contributed by atoms with E-state index in [1.54, 1.807) is 12.1 Å².